The number of aliphatic hydroxyl groups is 2. The lowest BCUT2D eigenvalue weighted by molar-refractivity contribution is -0.946. The van der Waals surface area contributed by atoms with Crippen LogP contribution in [-0.4, -0.2) is 59.6 Å². The fraction of sp³-hybridized carbons (Fsp3) is 0.444. The molecule has 0 saturated carbocycles. The number of aliphatic hydroxyl groups excluding tert-OH is 1. The Morgan fingerprint density at radius 2 is 1.71 bits per heavy atom. The molecule has 186 valence electrons. The average molecular weight is 515 g/mol. The first-order chi connectivity index (χ1) is 17.0. The molecule has 2 bridgehead atoms. The third kappa shape index (κ3) is 4.90. The molecule has 0 unspecified atom stereocenters. The number of thiophene rings is 2. The smallest absolute Gasteiger partial charge is 0.349 e. The van der Waals surface area contributed by atoms with Crippen LogP contribution in [0.25, 0.3) is 0 Å². The minimum atomic E-state index is -1.76. The third-order valence-corrected chi connectivity index (χ3v) is 9.49. The number of hydrogen-bond acceptors (Lipinski definition) is 7. The first kappa shape index (κ1) is 24.5. The first-order valence-electron chi connectivity index (χ1n) is 12.2. The van der Waals surface area contributed by atoms with E-state index in [4.69, 9.17) is 9.47 Å². The topological polar surface area (TPSA) is 76.0 Å². The van der Waals surface area contributed by atoms with Crippen LogP contribution in [-0.2, 0) is 21.7 Å². The van der Waals surface area contributed by atoms with Crippen molar-refractivity contribution >= 4 is 28.6 Å². The van der Waals surface area contributed by atoms with E-state index >= 15 is 0 Å². The molecule has 5 heterocycles. The van der Waals surface area contributed by atoms with Gasteiger partial charge in [-0.2, -0.15) is 0 Å². The van der Waals surface area contributed by atoms with Gasteiger partial charge in [-0.3, -0.25) is 0 Å². The molecule has 0 spiro atoms. The maximum atomic E-state index is 13.5. The van der Waals surface area contributed by atoms with Gasteiger partial charge in [0.15, 0.2) is 6.10 Å². The van der Waals surface area contributed by atoms with Crippen molar-refractivity contribution in [2.45, 2.75) is 37.6 Å². The number of rotatable bonds is 10. The van der Waals surface area contributed by atoms with Crippen LogP contribution in [0.3, 0.4) is 0 Å². The minimum Gasteiger partial charge on any atom is -0.493 e. The summed E-state index contributed by atoms with van der Waals surface area (Å²) in [5.74, 6) is 0.520. The number of benzene rings is 1. The van der Waals surface area contributed by atoms with Crippen molar-refractivity contribution in [1.29, 1.82) is 0 Å². The number of fused-ring (bicyclic) bond motifs is 3. The number of quaternary nitrogens is 1. The fourth-order valence-electron chi connectivity index (χ4n) is 5.54. The largest absolute Gasteiger partial charge is 0.493 e. The lowest BCUT2D eigenvalue weighted by Gasteiger charge is -2.52. The predicted octanol–water partition coefficient (Wildman–Crippen LogP) is 4.16. The lowest BCUT2D eigenvalue weighted by Crippen LogP contribution is -2.65. The molecule has 3 fully saturated rings. The van der Waals surface area contributed by atoms with Crippen LogP contribution in [0.1, 0.15) is 34.6 Å². The van der Waals surface area contributed by atoms with Crippen LogP contribution >= 0.6 is 22.7 Å². The molecule has 3 aromatic rings. The second-order valence-electron chi connectivity index (χ2n) is 9.61. The quantitative estimate of drug-likeness (QED) is 0.241. The van der Waals surface area contributed by atoms with Crippen LogP contribution in [0.5, 0.6) is 5.75 Å². The van der Waals surface area contributed by atoms with Gasteiger partial charge in [0.2, 0.25) is 5.60 Å². The molecule has 6 nitrogen and oxygen atoms in total. The van der Waals surface area contributed by atoms with E-state index in [2.05, 4.69) is 0 Å². The third-order valence-electron chi connectivity index (χ3n) is 7.53. The Balaban J connectivity index is 1.23. The molecule has 0 aliphatic carbocycles. The highest BCUT2D eigenvalue weighted by Crippen LogP contribution is 2.40. The van der Waals surface area contributed by atoms with Crippen molar-refractivity contribution in [3.8, 4) is 5.75 Å². The first-order valence-corrected chi connectivity index (χ1v) is 14.0. The molecule has 6 rings (SSSR count). The van der Waals surface area contributed by atoms with Crippen molar-refractivity contribution in [2.24, 2.45) is 5.92 Å². The van der Waals surface area contributed by atoms with Gasteiger partial charge in [-0.15, -0.1) is 22.7 Å². The SMILES string of the molecule is O=C(O[C@H]1C[N+]2(CCCOc3ccccc3CO)CCC1CC2)C(O)(c1cccs1)c1cccs1. The summed E-state index contributed by atoms with van der Waals surface area (Å²) in [6.45, 7) is 4.48. The summed E-state index contributed by atoms with van der Waals surface area (Å²) in [4.78, 5) is 14.7. The zero-order valence-electron chi connectivity index (χ0n) is 19.7. The number of piperidine rings is 3. The number of esters is 1. The van der Waals surface area contributed by atoms with Crippen LogP contribution in [0.15, 0.2) is 59.3 Å². The summed E-state index contributed by atoms with van der Waals surface area (Å²) in [7, 11) is 0. The van der Waals surface area contributed by atoms with Crippen molar-refractivity contribution in [1.82, 2.24) is 0 Å². The number of nitrogens with zero attached hydrogens (tertiary/aromatic N) is 1. The summed E-state index contributed by atoms with van der Waals surface area (Å²) in [5.41, 5.74) is -0.957. The molecule has 1 aromatic carbocycles. The van der Waals surface area contributed by atoms with Crippen LogP contribution in [0.4, 0.5) is 0 Å². The van der Waals surface area contributed by atoms with Crippen molar-refractivity contribution < 1.29 is 29.0 Å². The lowest BCUT2D eigenvalue weighted by atomic mass is 9.83. The normalized spacial score (nSPS) is 23.8. The highest BCUT2D eigenvalue weighted by molar-refractivity contribution is 7.12. The Kier molecular flexibility index (Phi) is 7.27. The molecule has 2 aromatic heterocycles. The van der Waals surface area contributed by atoms with Crippen molar-refractivity contribution in [2.75, 3.05) is 32.8 Å². The fourth-order valence-corrected chi connectivity index (χ4v) is 7.25. The van der Waals surface area contributed by atoms with Crippen molar-refractivity contribution in [3.63, 3.8) is 0 Å². The molecule has 3 aliphatic heterocycles. The van der Waals surface area contributed by atoms with E-state index in [1.54, 1.807) is 12.1 Å². The molecule has 0 amide bonds. The highest BCUT2D eigenvalue weighted by atomic mass is 32.1. The molecule has 1 atom stereocenters. The second kappa shape index (κ2) is 10.4. The molecule has 0 radical (unpaired) electrons. The van der Waals surface area contributed by atoms with Crippen molar-refractivity contribution in [3.05, 3.63) is 74.6 Å². The summed E-state index contributed by atoms with van der Waals surface area (Å²) in [5, 5.41) is 24.8. The molecular formula is C27H32NO5S2+. The summed E-state index contributed by atoms with van der Waals surface area (Å²) in [6, 6.07) is 14.9. The molecule has 3 aliphatic rings. The number of hydrogen-bond donors (Lipinski definition) is 2. The van der Waals surface area contributed by atoms with E-state index < -0.39 is 11.6 Å². The number of para-hydroxylation sites is 1. The summed E-state index contributed by atoms with van der Waals surface area (Å²) in [6.07, 6.45) is 2.76. The van der Waals surface area contributed by atoms with E-state index in [1.807, 2.05) is 47.2 Å². The van der Waals surface area contributed by atoms with E-state index in [9.17, 15) is 15.0 Å². The Labute approximate surface area is 214 Å². The Morgan fingerprint density at radius 3 is 2.34 bits per heavy atom. The summed E-state index contributed by atoms with van der Waals surface area (Å²) < 4.78 is 13.0. The van der Waals surface area contributed by atoms with E-state index in [1.165, 1.54) is 22.7 Å². The molecule has 3 saturated heterocycles. The van der Waals surface area contributed by atoms with Gasteiger partial charge in [0, 0.05) is 30.7 Å². The maximum Gasteiger partial charge on any atom is 0.349 e. The average Bonchev–Trinajstić information content (AvgIpc) is 3.62. The van der Waals surface area contributed by atoms with Crippen LogP contribution in [0.2, 0.25) is 0 Å². The Morgan fingerprint density at radius 1 is 1.03 bits per heavy atom. The van der Waals surface area contributed by atoms with E-state index in [0.717, 1.165) is 61.2 Å². The number of carbonyl (C=O) groups excluding carboxylic acids is 1. The van der Waals surface area contributed by atoms with Gasteiger partial charge in [0.1, 0.15) is 12.3 Å². The zero-order valence-corrected chi connectivity index (χ0v) is 21.3. The number of carbonyl (C=O) groups is 1. The Bertz CT molecular complexity index is 1070. The summed E-state index contributed by atoms with van der Waals surface area (Å²) >= 11 is 2.74. The zero-order chi connectivity index (χ0) is 24.3. The Hall–Kier alpha value is -2.23. The second-order valence-corrected chi connectivity index (χ2v) is 11.5. The van der Waals surface area contributed by atoms with Gasteiger partial charge in [-0.05, 0) is 29.0 Å². The number of ether oxygens (including phenoxy) is 2. The van der Waals surface area contributed by atoms with Gasteiger partial charge >= 0.3 is 5.97 Å². The minimum absolute atomic E-state index is 0.0338. The maximum absolute atomic E-state index is 13.5. The van der Waals surface area contributed by atoms with Gasteiger partial charge in [0.05, 0.1) is 42.6 Å². The van der Waals surface area contributed by atoms with Crippen LogP contribution < -0.4 is 4.74 Å². The van der Waals surface area contributed by atoms with Gasteiger partial charge < -0.3 is 24.2 Å². The highest BCUT2D eigenvalue weighted by Gasteiger charge is 2.51. The van der Waals surface area contributed by atoms with Crippen LogP contribution in [0, 0.1) is 5.92 Å². The van der Waals surface area contributed by atoms with E-state index in [-0.39, 0.29) is 12.7 Å². The molecular weight excluding hydrogens is 482 g/mol. The molecule has 8 heteroatoms. The van der Waals surface area contributed by atoms with E-state index in [0.29, 0.717) is 22.3 Å². The molecule has 2 N–H and O–H groups in total. The van der Waals surface area contributed by atoms with Gasteiger partial charge in [-0.25, -0.2) is 4.79 Å². The predicted molar refractivity (Wildman–Crippen MR) is 136 cm³/mol. The van der Waals surface area contributed by atoms with Gasteiger partial charge in [-0.1, -0.05) is 30.3 Å². The van der Waals surface area contributed by atoms with Gasteiger partial charge in [0.25, 0.3) is 0 Å². The molecule has 35 heavy (non-hydrogen) atoms. The standard InChI is InChI=1S/C27H32NO5S2/c29-19-21-6-1-2-7-22(21)32-15-5-12-28-13-10-20(11-14-28)23(18-28)33-26(30)27(31,24-8-3-16-34-24)25-9-4-17-35-25/h1-4,6-9,16-17,20,23,29,31H,5,10-15,18-19H2/q+1/t20?,23-,28?/m0/s1. The monoisotopic (exact) mass is 514 g/mol.